The lowest BCUT2D eigenvalue weighted by Gasteiger charge is -2.21. The number of ketones is 1. The van der Waals surface area contributed by atoms with Gasteiger partial charge in [0.05, 0.1) is 6.10 Å². The van der Waals surface area contributed by atoms with Gasteiger partial charge in [-0.1, -0.05) is 6.07 Å². The van der Waals surface area contributed by atoms with Crippen LogP contribution in [0.4, 0.5) is 0 Å². The number of nitrogens with one attached hydrogen (secondary N) is 1. The van der Waals surface area contributed by atoms with Gasteiger partial charge in [0.1, 0.15) is 10.3 Å². The Morgan fingerprint density at radius 3 is 2.43 bits per heavy atom. The second kappa shape index (κ2) is 7.12. The van der Waals surface area contributed by atoms with Gasteiger partial charge >= 0.3 is 5.97 Å². The van der Waals surface area contributed by atoms with Crippen molar-refractivity contribution in [3.8, 4) is 0 Å². The molecule has 0 spiro atoms. The number of Topliss-reactive ketones (excluding diaryl/α,β-unsaturated/α-hetero) is 1. The molecule has 1 heterocycles. The molecule has 118 valence electrons. The second-order valence-electron chi connectivity index (χ2n) is 4.46. The molecule has 2 N–H and O–H groups in total. The van der Waals surface area contributed by atoms with E-state index in [-0.39, 0.29) is 9.99 Å². The smallest absolute Gasteiger partial charge is 0.327 e. The average Bonchev–Trinajstić information content (AvgIpc) is 2.89. The number of carbonyl (C=O) groups excluding carboxylic acids is 2. The molecule has 21 heavy (non-hydrogen) atoms. The lowest BCUT2D eigenvalue weighted by molar-refractivity contribution is -0.157. The monoisotopic (exact) mass is 335 g/mol. The fourth-order valence-electron chi connectivity index (χ4n) is 1.32. The molecule has 0 unspecified atom stereocenters. The molecule has 0 fully saturated rings. The first-order valence-corrected chi connectivity index (χ1v) is 8.46. The Morgan fingerprint density at radius 1 is 1.38 bits per heavy atom. The van der Waals surface area contributed by atoms with Crippen molar-refractivity contribution in [2.24, 2.45) is 0 Å². The van der Waals surface area contributed by atoms with Crippen LogP contribution in [0.1, 0.15) is 20.8 Å². The van der Waals surface area contributed by atoms with Gasteiger partial charge in [-0.25, -0.2) is 8.42 Å². The molecule has 1 rings (SSSR count). The van der Waals surface area contributed by atoms with Crippen molar-refractivity contribution in [3.05, 3.63) is 17.5 Å². The molecule has 0 bridgehead atoms. The van der Waals surface area contributed by atoms with Crippen LogP contribution in [0, 0.1) is 0 Å². The summed E-state index contributed by atoms with van der Waals surface area (Å²) >= 11 is 0.976. The molecule has 0 radical (unpaired) electrons. The maximum absolute atomic E-state index is 12.0. The van der Waals surface area contributed by atoms with Gasteiger partial charge in [-0.15, -0.1) is 11.3 Å². The van der Waals surface area contributed by atoms with Crippen molar-refractivity contribution in [2.45, 2.75) is 43.2 Å². The first-order chi connectivity index (χ1) is 9.65. The molecule has 9 heteroatoms. The zero-order valence-corrected chi connectivity index (χ0v) is 13.4. The normalized spacial score (nSPS) is 16.0. The Morgan fingerprint density at radius 2 is 2.00 bits per heavy atom. The molecule has 0 aromatic carbocycles. The molecular weight excluding hydrogens is 318 g/mol. The van der Waals surface area contributed by atoms with E-state index in [1.165, 1.54) is 26.8 Å². The van der Waals surface area contributed by atoms with Crippen LogP contribution in [0.3, 0.4) is 0 Å². The van der Waals surface area contributed by atoms with E-state index in [0.717, 1.165) is 11.3 Å². The number of hydrogen-bond acceptors (Lipinski definition) is 7. The minimum atomic E-state index is -3.94. The summed E-state index contributed by atoms with van der Waals surface area (Å²) in [4.78, 5) is 23.0. The van der Waals surface area contributed by atoms with Gasteiger partial charge in [-0.2, -0.15) is 4.72 Å². The van der Waals surface area contributed by atoms with Gasteiger partial charge in [0.2, 0.25) is 0 Å². The number of sulfonamides is 1. The van der Waals surface area contributed by atoms with Crippen molar-refractivity contribution in [3.63, 3.8) is 0 Å². The molecule has 0 aliphatic heterocycles. The summed E-state index contributed by atoms with van der Waals surface area (Å²) in [5.41, 5.74) is 0. The van der Waals surface area contributed by atoms with Gasteiger partial charge in [0.15, 0.2) is 11.9 Å². The third-order valence-corrected chi connectivity index (χ3v) is 5.48. The van der Waals surface area contributed by atoms with E-state index in [1.54, 1.807) is 11.4 Å². The Kier molecular flexibility index (Phi) is 6.02. The van der Waals surface area contributed by atoms with E-state index in [9.17, 15) is 23.1 Å². The van der Waals surface area contributed by atoms with E-state index in [4.69, 9.17) is 4.74 Å². The van der Waals surface area contributed by atoms with Gasteiger partial charge in [-0.3, -0.25) is 9.59 Å². The summed E-state index contributed by atoms with van der Waals surface area (Å²) < 4.78 is 31.0. The second-order valence-corrected chi connectivity index (χ2v) is 7.35. The molecule has 1 aromatic heterocycles. The summed E-state index contributed by atoms with van der Waals surface area (Å²) in [7, 11) is -3.94. The average molecular weight is 335 g/mol. The number of carbonyl (C=O) groups is 2. The summed E-state index contributed by atoms with van der Waals surface area (Å²) in [6, 6.07) is 1.43. The predicted octanol–water partition coefficient (Wildman–Crippen LogP) is 0.296. The summed E-state index contributed by atoms with van der Waals surface area (Å²) in [6.07, 6.45) is -2.32. The van der Waals surface area contributed by atoms with Crippen molar-refractivity contribution in [1.29, 1.82) is 0 Å². The highest BCUT2D eigenvalue weighted by Crippen LogP contribution is 2.16. The standard InChI is InChI=1S/C12H17NO6S2/c1-7(14)9(3)19-12(16)11(8(2)15)13-21(17,18)10-5-4-6-20-10/h4-6,8-9,11,13,15H,1-3H3/t8-,9-,11+/m0/s1. The molecule has 7 nitrogen and oxygen atoms in total. The number of aliphatic hydroxyl groups excluding tert-OH is 1. The number of aliphatic hydroxyl groups is 1. The Balaban J connectivity index is 2.88. The number of thiophene rings is 1. The molecule has 3 atom stereocenters. The topological polar surface area (TPSA) is 110 Å². The zero-order valence-electron chi connectivity index (χ0n) is 11.8. The highest BCUT2D eigenvalue weighted by Gasteiger charge is 2.32. The molecule has 0 amide bonds. The predicted molar refractivity (Wildman–Crippen MR) is 76.3 cm³/mol. The van der Waals surface area contributed by atoms with Crippen LogP contribution in [0.2, 0.25) is 0 Å². The summed E-state index contributed by atoms with van der Waals surface area (Å²) in [5.74, 6) is -1.39. The molecule has 0 aliphatic carbocycles. The van der Waals surface area contributed by atoms with Gasteiger partial charge < -0.3 is 9.84 Å². The third-order valence-electron chi connectivity index (χ3n) is 2.64. The van der Waals surface area contributed by atoms with Crippen LogP contribution in [-0.4, -0.2) is 43.5 Å². The number of ether oxygens (including phenoxy) is 1. The summed E-state index contributed by atoms with van der Waals surface area (Å²) in [6.45, 7) is 3.86. The minimum absolute atomic E-state index is 0.0144. The first kappa shape index (κ1) is 17.8. The Labute approximate surface area is 127 Å². The highest BCUT2D eigenvalue weighted by molar-refractivity contribution is 7.91. The Bertz CT molecular complexity index is 593. The number of esters is 1. The van der Waals surface area contributed by atoms with E-state index in [1.807, 2.05) is 0 Å². The van der Waals surface area contributed by atoms with Crippen molar-refractivity contribution in [1.82, 2.24) is 4.72 Å². The quantitative estimate of drug-likeness (QED) is 0.693. The van der Waals surface area contributed by atoms with Crippen LogP contribution in [0.15, 0.2) is 21.7 Å². The minimum Gasteiger partial charge on any atom is -0.453 e. The van der Waals surface area contributed by atoms with Crippen LogP contribution < -0.4 is 4.72 Å². The zero-order chi connectivity index (χ0) is 16.2. The maximum atomic E-state index is 12.0. The van der Waals surface area contributed by atoms with Crippen molar-refractivity contribution >= 4 is 33.1 Å². The molecule has 0 saturated heterocycles. The van der Waals surface area contributed by atoms with E-state index >= 15 is 0 Å². The van der Waals surface area contributed by atoms with E-state index in [2.05, 4.69) is 4.72 Å². The van der Waals surface area contributed by atoms with Crippen LogP contribution >= 0.6 is 11.3 Å². The molecule has 0 aliphatic rings. The number of hydrogen-bond donors (Lipinski definition) is 2. The Hall–Kier alpha value is -1.29. The lowest BCUT2D eigenvalue weighted by atomic mass is 10.2. The largest absolute Gasteiger partial charge is 0.453 e. The fourth-order valence-corrected chi connectivity index (χ4v) is 3.58. The van der Waals surface area contributed by atoms with Crippen LogP contribution in [0.5, 0.6) is 0 Å². The summed E-state index contributed by atoms with van der Waals surface area (Å²) in [5, 5.41) is 11.2. The van der Waals surface area contributed by atoms with Crippen LogP contribution in [-0.2, 0) is 24.3 Å². The van der Waals surface area contributed by atoms with Gasteiger partial charge in [-0.05, 0) is 32.2 Å². The van der Waals surface area contributed by atoms with E-state index in [0.29, 0.717) is 0 Å². The molecule has 0 saturated carbocycles. The third kappa shape index (κ3) is 4.88. The SMILES string of the molecule is CC(=O)[C@H](C)OC(=O)[C@H](NS(=O)(=O)c1cccs1)[C@H](C)O. The van der Waals surface area contributed by atoms with Gasteiger partial charge in [0.25, 0.3) is 10.0 Å². The maximum Gasteiger partial charge on any atom is 0.327 e. The number of rotatable bonds is 7. The molecule has 1 aromatic rings. The lowest BCUT2D eigenvalue weighted by Crippen LogP contribution is -2.49. The van der Waals surface area contributed by atoms with Crippen LogP contribution in [0.25, 0.3) is 0 Å². The van der Waals surface area contributed by atoms with E-state index < -0.39 is 34.2 Å². The molecular formula is C12H17NO6S2. The van der Waals surface area contributed by atoms with Crippen molar-refractivity contribution in [2.75, 3.05) is 0 Å². The van der Waals surface area contributed by atoms with Gasteiger partial charge in [0, 0.05) is 0 Å². The first-order valence-electron chi connectivity index (χ1n) is 6.10. The van der Waals surface area contributed by atoms with Crippen molar-refractivity contribution < 1.29 is 27.9 Å². The highest BCUT2D eigenvalue weighted by atomic mass is 32.2. The fraction of sp³-hybridized carbons (Fsp3) is 0.500.